The van der Waals surface area contributed by atoms with Gasteiger partial charge in [-0.05, 0) is 45.1 Å². The Morgan fingerprint density at radius 3 is 2.31 bits per heavy atom. The number of piperidine rings is 1. The number of carbonyl (C=O) groups excluding carboxylic acids is 1. The van der Waals surface area contributed by atoms with E-state index in [-0.39, 0.29) is 17.9 Å². The second kappa shape index (κ2) is 8.06. The summed E-state index contributed by atoms with van der Waals surface area (Å²) < 4.78 is 28.7. The second-order valence-electron chi connectivity index (χ2n) is 7.63. The molecule has 1 saturated heterocycles. The second-order valence-corrected chi connectivity index (χ2v) is 9.34. The maximum absolute atomic E-state index is 13.1. The lowest BCUT2D eigenvalue weighted by Gasteiger charge is -2.34. The molecule has 0 spiro atoms. The highest BCUT2D eigenvalue weighted by Gasteiger charge is 2.38. The molecule has 144 valence electrons. The molecule has 2 aliphatic rings. The topological polar surface area (TPSA) is 69.7 Å². The summed E-state index contributed by atoms with van der Waals surface area (Å²) in [6.07, 6.45) is 3.33. The van der Waals surface area contributed by atoms with E-state index in [1.54, 1.807) is 0 Å². The van der Waals surface area contributed by atoms with Gasteiger partial charge in [0.05, 0.1) is 0 Å². The first kappa shape index (κ1) is 19.3. The average Bonchev–Trinajstić information content (AvgIpc) is 3.44. The van der Waals surface area contributed by atoms with Gasteiger partial charge in [-0.2, -0.15) is 17.4 Å². The molecule has 1 aliphatic carbocycles. The van der Waals surface area contributed by atoms with E-state index in [4.69, 9.17) is 0 Å². The summed E-state index contributed by atoms with van der Waals surface area (Å²) >= 11 is 0. The van der Waals surface area contributed by atoms with Crippen LogP contribution in [0.25, 0.3) is 0 Å². The van der Waals surface area contributed by atoms with Crippen LogP contribution in [0.4, 0.5) is 0 Å². The van der Waals surface area contributed by atoms with E-state index in [0.29, 0.717) is 38.5 Å². The molecule has 2 fully saturated rings. The Hall–Kier alpha value is -1.44. The zero-order valence-corrected chi connectivity index (χ0v) is 16.4. The highest BCUT2D eigenvalue weighted by Crippen LogP contribution is 2.32. The lowest BCUT2D eigenvalue weighted by atomic mass is 9.96. The van der Waals surface area contributed by atoms with Crippen LogP contribution in [0.3, 0.4) is 0 Å². The molecule has 1 aromatic rings. The minimum atomic E-state index is -3.45. The monoisotopic (exact) mass is 379 g/mol. The van der Waals surface area contributed by atoms with Crippen LogP contribution in [0.15, 0.2) is 30.3 Å². The number of benzene rings is 1. The fraction of sp³-hybridized carbons (Fsp3) is 0.632. The number of carbonyl (C=O) groups is 1. The first-order valence-corrected chi connectivity index (χ1v) is 10.9. The summed E-state index contributed by atoms with van der Waals surface area (Å²) in [7, 11) is -3.45. The van der Waals surface area contributed by atoms with Gasteiger partial charge in [0.2, 0.25) is 5.91 Å². The number of nitrogens with one attached hydrogen (secondary N) is 1. The average molecular weight is 380 g/mol. The van der Waals surface area contributed by atoms with E-state index in [1.807, 2.05) is 36.9 Å². The van der Waals surface area contributed by atoms with E-state index < -0.39 is 10.2 Å². The number of hydrogen-bond acceptors (Lipinski definition) is 3. The summed E-state index contributed by atoms with van der Waals surface area (Å²) in [6, 6.07) is 10.3. The molecule has 6 nitrogen and oxygen atoms in total. The molecular formula is C19H29N3O3S. The lowest BCUT2D eigenvalue weighted by Crippen LogP contribution is -2.49. The fourth-order valence-corrected chi connectivity index (χ4v) is 4.94. The van der Waals surface area contributed by atoms with Gasteiger partial charge in [-0.3, -0.25) is 4.79 Å². The van der Waals surface area contributed by atoms with Crippen molar-refractivity contribution >= 4 is 16.1 Å². The Bertz CT molecular complexity index is 709. The van der Waals surface area contributed by atoms with Gasteiger partial charge in [-0.15, -0.1) is 0 Å². The Labute approximate surface area is 156 Å². The van der Waals surface area contributed by atoms with Crippen LogP contribution < -0.4 is 4.72 Å². The van der Waals surface area contributed by atoms with Crippen LogP contribution in [0.5, 0.6) is 0 Å². The number of rotatable bonds is 7. The van der Waals surface area contributed by atoms with Crippen LogP contribution in [-0.2, 0) is 21.5 Å². The number of nitrogens with zero attached hydrogens (tertiary/aromatic N) is 2. The maximum atomic E-state index is 13.1. The van der Waals surface area contributed by atoms with Crippen LogP contribution in [0.1, 0.15) is 45.1 Å². The molecule has 1 aromatic carbocycles. The molecule has 1 heterocycles. The van der Waals surface area contributed by atoms with E-state index in [0.717, 1.165) is 18.4 Å². The Kier molecular flexibility index (Phi) is 5.99. The predicted octanol–water partition coefficient (Wildman–Crippen LogP) is 2.13. The fourth-order valence-electron chi connectivity index (χ4n) is 3.50. The van der Waals surface area contributed by atoms with Crippen LogP contribution in [0, 0.1) is 5.92 Å². The maximum Gasteiger partial charge on any atom is 0.279 e. The Morgan fingerprint density at radius 2 is 1.77 bits per heavy atom. The highest BCUT2D eigenvalue weighted by molar-refractivity contribution is 7.87. The molecule has 3 rings (SSSR count). The van der Waals surface area contributed by atoms with Crippen LogP contribution >= 0.6 is 0 Å². The molecule has 0 aromatic heterocycles. The standard InChI is InChI=1S/C19H29N3O3S/c1-15(2)20-26(24,25)21-12-10-17(11-13-21)19(23)22(18-8-9-18)14-16-6-4-3-5-7-16/h3-7,15,17-18,20H,8-14H2,1-2H3. The molecule has 1 saturated carbocycles. The third kappa shape index (κ3) is 4.84. The van der Waals surface area contributed by atoms with Gasteiger partial charge in [-0.25, -0.2) is 0 Å². The first-order chi connectivity index (χ1) is 12.4. The normalized spacial score (nSPS) is 19.7. The molecule has 0 atom stereocenters. The smallest absolute Gasteiger partial charge is 0.279 e. The van der Waals surface area contributed by atoms with E-state index in [2.05, 4.69) is 16.9 Å². The largest absolute Gasteiger partial charge is 0.335 e. The molecule has 0 radical (unpaired) electrons. The van der Waals surface area contributed by atoms with Gasteiger partial charge in [0.15, 0.2) is 0 Å². The van der Waals surface area contributed by atoms with Gasteiger partial charge in [0.1, 0.15) is 0 Å². The molecule has 7 heteroatoms. The van der Waals surface area contributed by atoms with Crippen molar-refractivity contribution in [1.29, 1.82) is 0 Å². The van der Waals surface area contributed by atoms with Crippen LogP contribution in [0.2, 0.25) is 0 Å². The van der Waals surface area contributed by atoms with Crippen molar-refractivity contribution < 1.29 is 13.2 Å². The summed E-state index contributed by atoms with van der Waals surface area (Å²) in [4.78, 5) is 15.1. The quantitative estimate of drug-likeness (QED) is 0.789. The SMILES string of the molecule is CC(C)NS(=O)(=O)N1CCC(C(=O)N(Cc2ccccc2)C2CC2)CC1. The molecule has 1 amide bonds. The zero-order chi connectivity index (χ0) is 18.7. The van der Waals surface area contributed by atoms with Crippen molar-refractivity contribution in [2.45, 2.75) is 58.2 Å². The van der Waals surface area contributed by atoms with E-state index in [1.165, 1.54) is 4.31 Å². The van der Waals surface area contributed by atoms with E-state index in [9.17, 15) is 13.2 Å². The minimum Gasteiger partial charge on any atom is -0.335 e. The molecule has 26 heavy (non-hydrogen) atoms. The van der Waals surface area contributed by atoms with Gasteiger partial charge < -0.3 is 4.90 Å². The van der Waals surface area contributed by atoms with Crippen molar-refractivity contribution in [3.05, 3.63) is 35.9 Å². The van der Waals surface area contributed by atoms with Gasteiger partial charge in [0.25, 0.3) is 10.2 Å². The Balaban J connectivity index is 1.60. The molecule has 1 aliphatic heterocycles. The molecule has 1 N–H and O–H groups in total. The minimum absolute atomic E-state index is 0.0789. The van der Waals surface area contributed by atoms with Gasteiger partial charge >= 0.3 is 0 Å². The summed E-state index contributed by atoms with van der Waals surface area (Å²) in [6.45, 7) is 5.08. The summed E-state index contributed by atoms with van der Waals surface area (Å²) in [5, 5.41) is 0. The molecular weight excluding hydrogens is 350 g/mol. The van der Waals surface area contributed by atoms with Crippen LogP contribution in [-0.4, -0.2) is 48.7 Å². The Morgan fingerprint density at radius 1 is 1.15 bits per heavy atom. The summed E-state index contributed by atoms with van der Waals surface area (Å²) in [5.41, 5.74) is 1.15. The molecule has 0 unspecified atom stereocenters. The highest BCUT2D eigenvalue weighted by atomic mass is 32.2. The third-order valence-corrected chi connectivity index (χ3v) is 6.81. The zero-order valence-electron chi connectivity index (χ0n) is 15.6. The first-order valence-electron chi connectivity index (χ1n) is 9.48. The van der Waals surface area contributed by atoms with E-state index >= 15 is 0 Å². The van der Waals surface area contributed by atoms with Crippen molar-refractivity contribution in [2.24, 2.45) is 5.92 Å². The van der Waals surface area contributed by atoms with Crippen molar-refractivity contribution in [3.63, 3.8) is 0 Å². The van der Waals surface area contributed by atoms with Gasteiger partial charge in [-0.1, -0.05) is 30.3 Å². The van der Waals surface area contributed by atoms with Crippen molar-refractivity contribution in [2.75, 3.05) is 13.1 Å². The molecule has 0 bridgehead atoms. The predicted molar refractivity (Wildman–Crippen MR) is 102 cm³/mol. The number of amides is 1. The number of hydrogen-bond donors (Lipinski definition) is 1. The summed E-state index contributed by atoms with van der Waals surface area (Å²) in [5.74, 6) is 0.107. The van der Waals surface area contributed by atoms with Gasteiger partial charge in [0, 0.05) is 37.6 Å². The van der Waals surface area contributed by atoms with Crippen molar-refractivity contribution in [1.82, 2.24) is 13.9 Å². The van der Waals surface area contributed by atoms with Crippen molar-refractivity contribution in [3.8, 4) is 0 Å². The lowest BCUT2D eigenvalue weighted by molar-refractivity contribution is -0.138. The third-order valence-electron chi connectivity index (χ3n) is 4.99.